The lowest BCUT2D eigenvalue weighted by atomic mass is 10.1. The number of carbonyl (C=O) groups is 1. The van der Waals surface area contributed by atoms with Gasteiger partial charge in [0.1, 0.15) is 12.4 Å². The molecular formula is C12H18N6O. The van der Waals surface area contributed by atoms with E-state index in [1.807, 2.05) is 24.8 Å². The summed E-state index contributed by atoms with van der Waals surface area (Å²) in [6.07, 6.45) is 1.56. The second-order valence-electron chi connectivity index (χ2n) is 4.96. The van der Waals surface area contributed by atoms with Crippen LogP contribution in [0.25, 0.3) is 0 Å². The Balaban J connectivity index is 1.84. The molecule has 1 saturated heterocycles. The average Bonchev–Trinajstić information content (AvgIpc) is 2.86. The molecule has 0 spiro atoms. The highest BCUT2D eigenvalue weighted by molar-refractivity contribution is 5.78. The molecule has 2 rings (SSSR count). The van der Waals surface area contributed by atoms with Gasteiger partial charge in [0.25, 0.3) is 5.82 Å². The first-order valence-electron chi connectivity index (χ1n) is 6.41. The van der Waals surface area contributed by atoms with E-state index in [1.54, 1.807) is 11.0 Å². The van der Waals surface area contributed by atoms with Gasteiger partial charge in [-0.2, -0.15) is 5.26 Å². The summed E-state index contributed by atoms with van der Waals surface area (Å²) >= 11 is 0. The molecule has 2 heterocycles. The number of hydrogen-bond donors (Lipinski definition) is 0. The number of piperazine rings is 1. The molecule has 0 atom stereocenters. The predicted molar refractivity (Wildman–Crippen MR) is 67.7 cm³/mol. The van der Waals surface area contributed by atoms with Crippen LogP contribution in [0.2, 0.25) is 0 Å². The van der Waals surface area contributed by atoms with E-state index in [0.717, 1.165) is 26.2 Å². The summed E-state index contributed by atoms with van der Waals surface area (Å²) in [5, 5.41) is 12.7. The maximum atomic E-state index is 11.8. The molecule has 0 aromatic carbocycles. The first kappa shape index (κ1) is 13.5. The molecule has 0 N–H and O–H groups in total. The highest BCUT2D eigenvalue weighted by Crippen LogP contribution is 2.07. The first-order chi connectivity index (χ1) is 9.10. The SMILES string of the molecule is CC(C)C(=O)N1CCN(Cn2cnc(C#N)n2)CC1. The Hall–Kier alpha value is -1.94. The van der Waals surface area contributed by atoms with Crippen LogP contribution < -0.4 is 0 Å². The molecule has 1 amide bonds. The third-order valence-corrected chi connectivity index (χ3v) is 3.16. The van der Waals surface area contributed by atoms with Crippen molar-refractivity contribution >= 4 is 5.91 Å². The third-order valence-electron chi connectivity index (χ3n) is 3.16. The van der Waals surface area contributed by atoms with Crippen LogP contribution in [0.1, 0.15) is 19.7 Å². The lowest BCUT2D eigenvalue weighted by molar-refractivity contribution is -0.136. The van der Waals surface area contributed by atoms with Gasteiger partial charge in [0, 0.05) is 32.1 Å². The van der Waals surface area contributed by atoms with Crippen molar-refractivity contribution in [2.45, 2.75) is 20.5 Å². The maximum Gasteiger partial charge on any atom is 0.252 e. The van der Waals surface area contributed by atoms with Gasteiger partial charge < -0.3 is 4.90 Å². The Morgan fingerprint density at radius 2 is 2.11 bits per heavy atom. The summed E-state index contributed by atoms with van der Waals surface area (Å²) < 4.78 is 1.65. The summed E-state index contributed by atoms with van der Waals surface area (Å²) in [6.45, 7) is 7.59. The summed E-state index contributed by atoms with van der Waals surface area (Å²) in [7, 11) is 0. The zero-order valence-electron chi connectivity index (χ0n) is 11.3. The van der Waals surface area contributed by atoms with Crippen LogP contribution in [0.15, 0.2) is 6.33 Å². The number of nitriles is 1. The second-order valence-corrected chi connectivity index (χ2v) is 4.96. The van der Waals surface area contributed by atoms with Gasteiger partial charge in [0.05, 0.1) is 6.67 Å². The topological polar surface area (TPSA) is 78.0 Å². The number of carbonyl (C=O) groups excluding carboxylic acids is 1. The number of hydrogen-bond acceptors (Lipinski definition) is 5. The summed E-state index contributed by atoms with van der Waals surface area (Å²) in [5.74, 6) is 0.459. The molecule has 0 saturated carbocycles. The zero-order chi connectivity index (χ0) is 13.8. The van der Waals surface area contributed by atoms with Crippen molar-refractivity contribution < 1.29 is 4.79 Å². The van der Waals surface area contributed by atoms with Crippen LogP contribution in [0.3, 0.4) is 0 Å². The van der Waals surface area contributed by atoms with Crippen LogP contribution in [0.5, 0.6) is 0 Å². The van der Waals surface area contributed by atoms with E-state index in [-0.39, 0.29) is 17.6 Å². The number of rotatable bonds is 3. The molecule has 7 heteroatoms. The van der Waals surface area contributed by atoms with Crippen molar-refractivity contribution in [3.8, 4) is 6.07 Å². The minimum atomic E-state index is 0.0556. The van der Waals surface area contributed by atoms with Crippen molar-refractivity contribution in [3.05, 3.63) is 12.2 Å². The van der Waals surface area contributed by atoms with Crippen LogP contribution in [-0.2, 0) is 11.5 Å². The van der Waals surface area contributed by atoms with E-state index in [1.165, 1.54) is 0 Å². The molecule has 0 bridgehead atoms. The molecule has 1 aromatic rings. The standard InChI is InChI=1S/C12H18N6O/c1-10(2)12(19)17-5-3-16(4-6-17)9-18-8-14-11(7-13)15-18/h8,10H,3-6,9H2,1-2H3. The summed E-state index contributed by atoms with van der Waals surface area (Å²) in [6, 6.07) is 1.90. The van der Waals surface area contributed by atoms with Gasteiger partial charge in [-0.05, 0) is 0 Å². The predicted octanol–water partition coefficient (Wildman–Crippen LogP) is -0.0925. The average molecular weight is 262 g/mol. The fourth-order valence-corrected chi connectivity index (χ4v) is 2.09. The Morgan fingerprint density at radius 3 is 2.63 bits per heavy atom. The maximum absolute atomic E-state index is 11.8. The molecule has 102 valence electrons. The lowest BCUT2D eigenvalue weighted by Gasteiger charge is -2.35. The molecule has 1 aliphatic heterocycles. The van der Waals surface area contributed by atoms with E-state index >= 15 is 0 Å². The number of amides is 1. The monoisotopic (exact) mass is 262 g/mol. The second kappa shape index (κ2) is 5.80. The minimum absolute atomic E-state index is 0.0556. The van der Waals surface area contributed by atoms with E-state index < -0.39 is 0 Å². The van der Waals surface area contributed by atoms with Gasteiger partial charge in [0.15, 0.2) is 0 Å². The van der Waals surface area contributed by atoms with Crippen molar-refractivity contribution in [1.82, 2.24) is 24.6 Å². The third kappa shape index (κ3) is 3.29. The van der Waals surface area contributed by atoms with Gasteiger partial charge in [-0.3, -0.25) is 9.69 Å². The molecule has 19 heavy (non-hydrogen) atoms. The van der Waals surface area contributed by atoms with Crippen molar-refractivity contribution in [2.75, 3.05) is 26.2 Å². The van der Waals surface area contributed by atoms with Crippen molar-refractivity contribution in [1.29, 1.82) is 5.26 Å². The Labute approximate surface area is 112 Å². The van der Waals surface area contributed by atoms with E-state index in [9.17, 15) is 4.79 Å². The normalized spacial score (nSPS) is 16.6. The van der Waals surface area contributed by atoms with Gasteiger partial charge in [-0.15, -0.1) is 5.10 Å². The molecule has 7 nitrogen and oxygen atoms in total. The Kier molecular flexibility index (Phi) is 4.12. The van der Waals surface area contributed by atoms with Crippen LogP contribution >= 0.6 is 0 Å². The van der Waals surface area contributed by atoms with E-state index in [4.69, 9.17) is 5.26 Å². The van der Waals surface area contributed by atoms with Crippen LogP contribution in [0.4, 0.5) is 0 Å². The van der Waals surface area contributed by atoms with Crippen molar-refractivity contribution in [3.63, 3.8) is 0 Å². The zero-order valence-corrected chi connectivity index (χ0v) is 11.3. The Morgan fingerprint density at radius 1 is 1.42 bits per heavy atom. The number of nitrogens with zero attached hydrogens (tertiary/aromatic N) is 6. The van der Waals surface area contributed by atoms with Crippen LogP contribution in [0, 0.1) is 17.2 Å². The number of aromatic nitrogens is 3. The highest BCUT2D eigenvalue weighted by Gasteiger charge is 2.22. The fourth-order valence-electron chi connectivity index (χ4n) is 2.09. The molecule has 0 aliphatic carbocycles. The van der Waals surface area contributed by atoms with Gasteiger partial charge in [0.2, 0.25) is 5.91 Å². The molecule has 1 fully saturated rings. The highest BCUT2D eigenvalue weighted by atomic mass is 16.2. The van der Waals surface area contributed by atoms with E-state index in [2.05, 4.69) is 15.0 Å². The van der Waals surface area contributed by atoms with Gasteiger partial charge in [-0.1, -0.05) is 13.8 Å². The largest absolute Gasteiger partial charge is 0.340 e. The molecule has 0 radical (unpaired) electrons. The molecule has 1 aromatic heterocycles. The first-order valence-corrected chi connectivity index (χ1v) is 6.41. The molecule has 0 unspecified atom stereocenters. The quantitative estimate of drug-likeness (QED) is 0.760. The van der Waals surface area contributed by atoms with Gasteiger partial charge in [-0.25, -0.2) is 9.67 Å². The van der Waals surface area contributed by atoms with Crippen molar-refractivity contribution in [2.24, 2.45) is 5.92 Å². The lowest BCUT2D eigenvalue weighted by Crippen LogP contribution is -2.50. The minimum Gasteiger partial charge on any atom is -0.340 e. The van der Waals surface area contributed by atoms with E-state index in [0.29, 0.717) is 6.67 Å². The summed E-state index contributed by atoms with van der Waals surface area (Å²) in [5.41, 5.74) is 0. The fraction of sp³-hybridized carbons (Fsp3) is 0.667. The van der Waals surface area contributed by atoms with Crippen LogP contribution in [-0.4, -0.2) is 56.7 Å². The van der Waals surface area contributed by atoms with Gasteiger partial charge >= 0.3 is 0 Å². The molecule has 1 aliphatic rings. The molecular weight excluding hydrogens is 244 g/mol. The smallest absolute Gasteiger partial charge is 0.252 e. The Bertz CT molecular complexity index is 481. The summed E-state index contributed by atoms with van der Waals surface area (Å²) in [4.78, 5) is 19.8.